The Hall–Kier alpha value is -0.730. The van der Waals surface area contributed by atoms with Gasteiger partial charge in [0.1, 0.15) is 0 Å². The average molecular weight is 218 g/mol. The molecular weight excluding hydrogens is 209 g/mol. The van der Waals surface area contributed by atoms with Crippen molar-refractivity contribution in [3.8, 4) is 0 Å². The Morgan fingerprint density at radius 2 is 2.15 bits per heavy atom. The van der Waals surface area contributed by atoms with Crippen LogP contribution in [0.2, 0.25) is 0 Å². The number of hydrogen-bond donors (Lipinski definition) is 1. The number of hydrogen-bond acceptors (Lipinski definition) is 2. The summed E-state index contributed by atoms with van der Waals surface area (Å²) in [7, 11) is 0. The van der Waals surface area contributed by atoms with Crippen LogP contribution in [0.15, 0.2) is 18.2 Å². The molecule has 2 nitrogen and oxygen atoms in total. The monoisotopic (exact) mass is 217 g/mol. The second-order valence-corrected chi connectivity index (χ2v) is 3.31. The smallest absolute Gasteiger partial charge is 0.254 e. The van der Waals surface area contributed by atoms with Crippen LogP contribution >= 0.6 is 23.2 Å². The predicted octanol–water partition coefficient (Wildman–Crippen LogP) is 2.43. The normalized spacial score (nSPS) is 10.0. The van der Waals surface area contributed by atoms with Crippen LogP contribution in [0.3, 0.4) is 0 Å². The third kappa shape index (κ3) is 2.36. The Balaban J connectivity index is 3.10. The van der Waals surface area contributed by atoms with Crippen LogP contribution in [0.1, 0.15) is 15.9 Å². The third-order valence-electron chi connectivity index (χ3n) is 1.77. The SMILES string of the molecule is Nc1c(CCCl)cccc1C(=O)Cl. The van der Waals surface area contributed by atoms with Gasteiger partial charge in [0.15, 0.2) is 0 Å². The Kier molecular flexibility index (Phi) is 3.58. The number of rotatable bonds is 3. The molecule has 0 aliphatic heterocycles. The first-order valence-corrected chi connectivity index (χ1v) is 4.71. The van der Waals surface area contributed by atoms with Crippen molar-refractivity contribution in [2.24, 2.45) is 0 Å². The molecule has 1 aromatic rings. The summed E-state index contributed by atoms with van der Waals surface area (Å²) in [6, 6.07) is 5.18. The van der Waals surface area contributed by atoms with Gasteiger partial charge in [-0.15, -0.1) is 11.6 Å². The molecule has 70 valence electrons. The van der Waals surface area contributed by atoms with E-state index in [-0.39, 0.29) is 0 Å². The van der Waals surface area contributed by atoms with Gasteiger partial charge in [-0.3, -0.25) is 4.79 Å². The van der Waals surface area contributed by atoms with Gasteiger partial charge in [0.2, 0.25) is 0 Å². The van der Waals surface area contributed by atoms with Gasteiger partial charge in [-0.1, -0.05) is 12.1 Å². The first kappa shape index (κ1) is 10.4. The highest BCUT2D eigenvalue weighted by atomic mass is 35.5. The number of benzene rings is 1. The zero-order valence-corrected chi connectivity index (χ0v) is 8.40. The van der Waals surface area contributed by atoms with E-state index in [1.165, 1.54) is 0 Å². The van der Waals surface area contributed by atoms with E-state index in [4.69, 9.17) is 28.9 Å². The van der Waals surface area contributed by atoms with E-state index in [2.05, 4.69) is 0 Å². The molecule has 2 N–H and O–H groups in total. The quantitative estimate of drug-likeness (QED) is 0.481. The zero-order chi connectivity index (χ0) is 9.84. The van der Waals surface area contributed by atoms with Crippen LogP contribution in [-0.2, 0) is 6.42 Å². The van der Waals surface area contributed by atoms with E-state index >= 15 is 0 Å². The second-order valence-electron chi connectivity index (χ2n) is 2.59. The van der Waals surface area contributed by atoms with Crippen LogP contribution in [0.4, 0.5) is 5.69 Å². The standard InChI is InChI=1S/C9H9Cl2NO/c10-5-4-6-2-1-3-7(8(6)12)9(11)13/h1-3H,4-5,12H2. The van der Waals surface area contributed by atoms with Crippen molar-refractivity contribution in [3.05, 3.63) is 29.3 Å². The van der Waals surface area contributed by atoms with Gasteiger partial charge in [-0.05, 0) is 29.7 Å². The Bertz CT molecular complexity index is 325. The number of carbonyl (C=O) groups excluding carboxylic acids is 1. The summed E-state index contributed by atoms with van der Waals surface area (Å²) < 4.78 is 0. The van der Waals surface area contributed by atoms with E-state index in [1.54, 1.807) is 12.1 Å². The minimum atomic E-state index is -0.533. The lowest BCUT2D eigenvalue weighted by Crippen LogP contribution is -2.02. The molecule has 1 aromatic carbocycles. The Labute approximate surface area is 86.6 Å². The predicted molar refractivity (Wildman–Crippen MR) is 55.5 cm³/mol. The van der Waals surface area contributed by atoms with Crippen LogP contribution in [-0.4, -0.2) is 11.1 Å². The number of alkyl halides is 1. The summed E-state index contributed by atoms with van der Waals surface area (Å²) in [6.45, 7) is 0. The van der Waals surface area contributed by atoms with Gasteiger partial charge >= 0.3 is 0 Å². The maximum absolute atomic E-state index is 10.9. The van der Waals surface area contributed by atoms with Crippen LogP contribution < -0.4 is 5.73 Å². The average Bonchev–Trinajstić information content (AvgIpc) is 2.08. The van der Waals surface area contributed by atoms with Crippen LogP contribution in [0.5, 0.6) is 0 Å². The van der Waals surface area contributed by atoms with Crippen molar-refractivity contribution >= 4 is 34.1 Å². The fourth-order valence-corrected chi connectivity index (χ4v) is 1.47. The third-order valence-corrected chi connectivity index (χ3v) is 2.16. The van der Waals surface area contributed by atoms with Gasteiger partial charge in [0.05, 0.1) is 5.56 Å². The van der Waals surface area contributed by atoms with E-state index in [0.717, 1.165) is 5.56 Å². The van der Waals surface area contributed by atoms with Gasteiger partial charge in [0.25, 0.3) is 5.24 Å². The first-order valence-electron chi connectivity index (χ1n) is 3.80. The zero-order valence-electron chi connectivity index (χ0n) is 6.89. The van der Waals surface area contributed by atoms with E-state index in [0.29, 0.717) is 23.6 Å². The summed E-state index contributed by atoms with van der Waals surface area (Å²) in [5, 5.41) is -0.533. The minimum absolute atomic E-state index is 0.351. The van der Waals surface area contributed by atoms with Crippen LogP contribution in [0, 0.1) is 0 Å². The van der Waals surface area contributed by atoms with Crippen molar-refractivity contribution < 1.29 is 4.79 Å². The number of nitrogen functional groups attached to an aromatic ring is 1. The van der Waals surface area contributed by atoms with Crippen molar-refractivity contribution in [2.75, 3.05) is 11.6 Å². The fraction of sp³-hybridized carbons (Fsp3) is 0.222. The maximum Gasteiger partial charge on any atom is 0.254 e. The highest BCUT2D eigenvalue weighted by molar-refractivity contribution is 6.68. The molecule has 0 bridgehead atoms. The number of carbonyl (C=O) groups is 1. The maximum atomic E-state index is 10.9. The fourth-order valence-electron chi connectivity index (χ4n) is 1.10. The molecule has 0 saturated heterocycles. The van der Waals surface area contributed by atoms with Crippen LogP contribution in [0.25, 0.3) is 0 Å². The second kappa shape index (κ2) is 4.49. The van der Waals surface area contributed by atoms with Crippen molar-refractivity contribution in [2.45, 2.75) is 6.42 Å². The molecule has 0 saturated carbocycles. The van der Waals surface area contributed by atoms with Gasteiger partial charge < -0.3 is 5.73 Å². The Morgan fingerprint density at radius 1 is 1.46 bits per heavy atom. The van der Waals surface area contributed by atoms with Crippen molar-refractivity contribution in [1.29, 1.82) is 0 Å². The van der Waals surface area contributed by atoms with E-state index in [1.807, 2.05) is 6.07 Å². The van der Waals surface area contributed by atoms with E-state index in [9.17, 15) is 4.79 Å². The van der Waals surface area contributed by atoms with E-state index < -0.39 is 5.24 Å². The number of para-hydroxylation sites is 1. The molecule has 0 heterocycles. The molecular formula is C9H9Cl2NO. The van der Waals surface area contributed by atoms with Crippen molar-refractivity contribution in [1.82, 2.24) is 0 Å². The molecule has 4 heteroatoms. The molecule has 0 atom stereocenters. The molecule has 0 aliphatic rings. The molecule has 0 radical (unpaired) electrons. The lowest BCUT2D eigenvalue weighted by molar-refractivity contribution is 0.108. The topological polar surface area (TPSA) is 43.1 Å². The molecule has 0 fully saturated rings. The largest absolute Gasteiger partial charge is 0.398 e. The summed E-state index contributed by atoms with van der Waals surface area (Å²) in [5.74, 6) is 0.476. The van der Waals surface area contributed by atoms with Crippen molar-refractivity contribution in [3.63, 3.8) is 0 Å². The number of halogens is 2. The molecule has 0 aliphatic carbocycles. The molecule has 1 rings (SSSR count). The summed E-state index contributed by atoms with van der Waals surface area (Å²) >= 11 is 10.9. The summed E-state index contributed by atoms with van der Waals surface area (Å²) in [6.07, 6.45) is 0.644. The molecule has 13 heavy (non-hydrogen) atoms. The molecule has 0 amide bonds. The number of nitrogens with two attached hydrogens (primary N) is 1. The molecule has 0 spiro atoms. The summed E-state index contributed by atoms with van der Waals surface area (Å²) in [5.41, 5.74) is 7.35. The highest BCUT2D eigenvalue weighted by Gasteiger charge is 2.09. The highest BCUT2D eigenvalue weighted by Crippen LogP contribution is 2.19. The van der Waals surface area contributed by atoms with Gasteiger partial charge in [0, 0.05) is 11.6 Å². The molecule has 0 unspecified atom stereocenters. The van der Waals surface area contributed by atoms with Gasteiger partial charge in [-0.2, -0.15) is 0 Å². The number of aryl methyl sites for hydroxylation is 1. The number of anilines is 1. The molecule has 0 aromatic heterocycles. The lowest BCUT2D eigenvalue weighted by atomic mass is 10.1. The lowest BCUT2D eigenvalue weighted by Gasteiger charge is -2.06. The Morgan fingerprint density at radius 3 is 2.69 bits per heavy atom. The first-order chi connectivity index (χ1) is 6.16. The van der Waals surface area contributed by atoms with Gasteiger partial charge in [-0.25, -0.2) is 0 Å². The minimum Gasteiger partial charge on any atom is -0.398 e. The summed E-state index contributed by atoms with van der Waals surface area (Å²) in [4.78, 5) is 10.9.